The van der Waals surface area contributed by atoms with Crippen molar-refractivity contribution in [3.8, 4) is 11.5 Å². The number of carbonyl (C=O) groups excluding carboxylic acids is 2. The van der Waals surface area contributed by atoms with Gasteiger partial charge in [-0.3, -0.25) is 0 Å². The molecule has 6 nitrogen and oxygen atoms in total. The Kier molecular flexibility index (Phi) is 10.4. The summed E-state index contributed by atoms with van der Waals surface area (Å²) in [6.07, 6.45) is -0.771. The lowest BCUT2D eigenvalue weighted by atomic mass is 10.1. The molecule has 0 radical (unpaired) electrons. The first-order valence-electron chi connectivity index (χ1n) is 11.3. The molecule has 11 heteroatoms. The summed E-state index contributed by atoms with van der Waals surface area (Å²) in [5, 5.41) is 1.79. The fourth-order valence-electron chi connectivity index (χ4n) is 3.23. The summed E-state index contributed by atoms with van der Waals surface area (Å²) < 4.78 is 16.6. The Morgan fingerprint density at radius 3 is 1.89 bits per heavy atom. The summed E-state index contributed by atoms with van der Waals surface area (Å²) in [5.41, 5.74) is 1.11. The van der Waals surface area contributed by atoms with E-state index in [9.17, 15) is 9.59 Å². The second-order valence-corrected chi connectivity index (χ2v) is 11.0. The van der Waals surface area contributed by atoms with Crippen molar-refractivity contribution in [2.24, 2.45) is 0 Å². The standard InChI is InChI=1S/C27H24Cl5NO5/c1-27(2,3)38-17-11-9-15(10-12-17)13-18(33-26(35)36-14-16-7-5-4-6-8-16)25(34)37-24-22(31)20(29)19(28)21(30)23(24)32/h4-12,18H,13-14H2,1-3H3,(H,33,35)/t18-/m0/s1. The number of alkyl carbamates (subject to hydrolysis) is 1. The Morgan fingerprint density at radius 1 is 0.789 bits per heavy atom. The first-order valence-corrected chi connectivity index (χ1v) is 13.2. The molecule has 0 fully saturated rings. The first-order chi connectivity index (χ1) is 17.9. The third-order valence-electron chi connectivity index (χ3n) is 4.95. The average Bonchev–Trinajstić information content (AvgIpc) is 2.88. The quantitative estimate of drug-likeness (QED) is 0.118. The fourth-order valence-corrected chi connectivity index (χ4v) is 4.43. The molecule has 1 N–H and O–H groups in total. The molecule has 0 spiro atoms. The van der Waals surface area contributed by atoms with Crippen LogP contribution in [0.1, 0.15) is 31.9 Å². The van der Waals surface area contributed by atoms with E-state index in [1.165, 1.54) is 0 Å². The number of benzene rings is 3. The summed E-state index contributed by atoms with van der Waals surface area (Å²) in [5.74, 6) is -0.509. The van der Waals surface area contributed by atoms with Gasteiger partial charge in [0.15, 0.2) is 5.75 Å². The average molecular weight is 620 g/mol. The minimum atomic E-state index is -1.19. The topological polar surface area (TPSA) is 73.9 Å². The molecular weight excluding hydrogens is 596 g/mol. The van der Waals surface area contributed by atoms with Gasteiger partial charge in [0, 0.05) is 6.42 Å². The van der Waals surface area contributed by atoms with E-state index < -0.39 is 18.1 Å². The molecule has 3 rings (SSSR count). The van der Waals surface area contributed by atoms with Crippen molar-refractivity contribution in [3.05, 3.63) is 90.8 Å². The van der Waals surface area contributed by atoms with Gasteiger partial charge < -0.3 is 19.5 Å². The molecule has 38 heavy (non-hydrogen) atoms. The van der Waals surface area contributed by atoms with Gasteiger partial charge in [-0.1, -0.05) is 100 Å². The van der Waals surface area contributed by atoms with Gasteiger partial charge in [-0.15, -0.1) is 0 Å². The number of carbonyl (C=O) groups is 2. The molecule has 3 aromatic rings. The van der Waals surface area contributed by atoms with Gasteiger partial charge in [0.25, 0.3) is 0 Å². The molecule has 0 bridgehead atoms. The van der Waals surface area contributed by atoms with E-state index in [4.69, 9.17) is 72.2 Å². The van der Waals surface area contributed by atoms with Crippen LogP contribution in [0.15, 0.2) is 54.6 Å². The highest BCUT2D eigenvalue weighted by Crippen LogP contribution is 2.48. The Morgan fingerprint density at radius 2 is 1.34 bits per heavy atom. The van der Waals surface area contributed by atoms with Crippen molar-refractivity contribution in [2.45, 2.75) is 45.4 Å². The highest BCUT2D eigenvalue weighted by atomic mass is 35.5. The number of hydrogen-bond acceptors (Lipinski definition) is 5. The predicted molar refractivity (Wildman–Crippen MR) is 151 cm³/mol. The first kappa shape index (κ1) is 30.2. The van der Waals surface area contributed by atoms with Crippen molar-refractivity contribution in [1.29, 1.82) is 0 Å². The molecule has 1 amide bonds. The van der Waals surface area contributed by atoms with Crippen molar-refractivity contribution in [1.82, 2.24) is 5.32 Å². The zero-order valence-electron chi connectivity index (χ0n) is 20.6. The lowest BCUT2D eigenvalue weighted by Gasteiger charge is -2.22. The van der Waals surface area contributed by atoms with E-state index in [2.05, 4.69) is 5.32 Å². The van der Waals surface area contributed by atoms with Crippen LogP contribution in [0.25, 0.3) is 0 Å². The zero-order valence-corrected chi connectivity index (χ0v) is 24.4. The molecule has 0 aliphatic carbocycles. The maximum atomic E-state index is 13.2. The van der Waals surface area contributed by atoms with Crippen molar-refractivity contribution in [2.75, 3.05) is 0 Å². The Hall–Kier alpha value is -2.35. The summed E-state index contributed by atoms with van der Waals surface area (Å²) in [7, 11) is 0. The van der Waals surface area contributed by atoms with Gasteiger partial charge in [0.2, 0.25) is 0 Å². The van der Waals surface area contributed by atoms with Crippen LogP contribution in [0, 0.1) is 0 Å². The van der Waals surface area contributed by atoms with Gasteiger partial charge in [0.05, 0.1) is 15.1 Å². The smallest absolute Gasteiger partial charge is 0.408 e. The molecule has 0 aromatic heterocycles. The number of hydrogen-bond donors (Lipinski definition) is 1. The van der Waals surface area contributed by atoms with Crippen molar-refractivity contribution < 1.29 is 23.8 Å². The lowest BCUT2D eigenvalue weighted by Crippen LogP contribution is -2.44. The van der Waals surface area contributed by atoms with E-state index in [1.54, 1.807) is 36.4 Å². The number of halogens is 5. The van der Waals surface area contributed by atoms with E-state index >= 15 is 0 Å². The lowest BCUT2D eigenvalue weighted by molar-refractivity contribution is -0.136. The van der Waals surface area contributed by atoms with Crippen LogP contribution >= 0.6 is 58.0 Å². The van der Waals surface area contributed by atoms with Gasteiger partial charge in [-0.25, -0.2) is 9.59 Å². The molecule has 0 unspecified atom stereocenters. The SMILES string of the molecule is CC(C)(C)Oc1ccc(C[C@H](NC(=O)OCc2ccccc2)C(=O)Oc2c(Cl)c(Cl)c(Cl)c(Cl)c2Cl)cc1. The predicted octanol–water partition coefficient (Wildman–Crippen LogP) is 8.57. The highest BCUT2D eigenvalue weighted by Gasteiger charge is 2.28. The van der Waals surface area contributed by atoms with Crippen LogP contribution in [0.2, 0.25) is 25.1 Å². The van der Waals surface area contributed by atoms with E-state index in [-0.39, 0.29) is 49.5 Å². The second kappa shape index (κ2) is 13.1. The fraction of sp³-hybridized carbons (Fsp3) is 0.259. The molecule has 0 aliphatic rings. The minimum absolute atomic E-state index is 0.00728. The Balaban J connectivity index is 1.81. The molecule has 0 saturated heterocycles. The van der Waals surface area contributed by atoms with E-state index in [0.717, 1.165) is 5.56 Å². The van der Waals surface area contributed by atoms with Gasteiger partial charge >= 0.3 is 12.1 Å². The number of ether oxygens (including phenoxy) is 3. The minimum Gasteiger partial charge on any atom is -0.488 e. The number of amides is 1. The van der Waals surface area contributed by atoms with Crippen LogP contribution < -0.4 is 14.8 Å². The van der Waals surface area contributed by atoms with Crippen LogP contribution in [0.4, 0.5) is 4.79 Å². The van der Waals surface area contributed by atoms with E-state index in [1.807, 2.05) is 39.0 Å². The third kappa shape index (κ3) is 8.32. The Labute approximate surface area is 246 Å². The Bertz CT molecular complexity index is 1260. The maximum absolute atomic E-state index is 13.2. The molecular formula is C27H24Cl5NO5. The largest absolute Gasteiger partial charge is 0.488 e. The van der Waals surface area contributed by atoms with Gasteiger partial charge in [-0.2, -0.15) is 0 Å². The highest BCUT2D eigenvalue weighted by molar-refractivity contribution is 6.55. The maximum Gasteiger partial charge on any atom is 0.408 e. The number of esters is 1. The summed E-state index contributed by atoms with van der Waals surface area (Å²) in [4.78, 5) is 25.8. The summed E-state index contributed by atoms with van der Waals surface area (Å²) in [6, 6.07) is 15.0. The van der Waals surface area contributed by atoms with Crippen molar-refractivity contribution >= 4 is 70.1 Å². The summed E-state index contributed by atoms with van der Waals surface area (Å²) in [6.45, 7) is 5.81. The normalized spacial score (nSPS) is 12.0. The molecule has 0 aliphatic heterocycles. The van der Waals surface area contributed by atoms with Crippen LogP contribution in [-0.4, -0.2) is 23.7 Å². The molecule has 1 atom stereocenters. The monoisotopic (exact) mass is 617 g/mol. The number of rotatable bonds is 8. The van der Waals surface area contributed by atoms with Gasteiger partial charge in [0.1, 0.15) is 34.0 Å². The molecule has 202 valence electrons. The molecule has 3 aromatic carbocycles. The second-order valence-electron chi connectivity index (χ2n) is 9.14. The van der Waals surface area contributed by atoms with Crippen LogP contribution in [0.3, 0.4) is 0 Å². The zero-order chi connectivity index (χ0) is 28.0. The van der Waals surface area contributed by atoms with Crippen molar-refractivity contribution in [3.63, 3.8) is 0 Å². The third-order valence-corrected chi connectivity index (χ3v) is 7.19. The van der Waals surface area contributed by atoms with Crippen LogP contribution in [0.5, 0.6) is 11.5 Å². The van der Waals surface area contributed by atoms with Crippen LogP contribution in [-0.2, 0) is 22.6 Å². The number of nitrogens with one attached hydrogen (secondary N) is 1. The molecule has 0 saturated carbocycles. The van der Waals surface area contributed by atoms with Gasteiger partial charge in [-0.05, 0) is 44.0 Å². The van der Waals surface area contributed by atoms with E-state index in [0.29, 0.717) is 11.3 Å². The molecule has 0 heterocycles. The summed E-state index contributed by atoms with van der Waals surface area (Å²) >= 11 is 30.6.